The third-order valence-electron chi connectivity index (χ3n) is 6.88. The third-order valence-corrected chi connectivity index (χ3v) is 6.88. The number of hydrogen-bond acceptors (Lipinski definition) is 5. The van der Waals surface area contributed by atoms with Crippen LogP contribution >= 0.6 is 0 Å². The van der Waals surface area contributed by atoms with E-state index in [2.05, 4.69) is 40.1 Å². The van der Waals surface area contributed by atoms with Crippen molar-refractivity contribution in [1.82, 2.24) is 19.6 Å². The number of rotatable bonds is 6. The highest BCUT2D eigenvalue weighted by molar-refractivity contribution is 5.79. The highest BCUT2D eigenvalue weighted by atomic mass is 16.5. The second-order valence-corrected chi connectivity index (χ2v) is 9.06. The molecule has 7 nitrogen and oxygen atoms in total. The van der Waals surface area contributed by atoms with Gasteiger partial charge in [0.15, 0.2) is 0 Å². The van der Waals surface area contributed by atoms with Crippen molar-refractivity contribution in [2.45, 2.75) is 19.3 Å². The van der Waals surface area contributed by atoms with Gasteiger partial charge in [0.1, 0.15) is 0 Å². The zero-order chi connectivity index (χ0) is 21.5. The summed E-state index contributed by atoms with van der Waals surface area (Å²) in [5.74, 6) is 1.14. The van der Waals surface area contributed by atoms with Crippen molar-refractivity contribution in [2.24, 2.45) is 5.92 Å². The van der Waals surface area contributed by atoms with Crippen molar-refractivity contribution >= 4 is 11.8 Å². The quantitative estimate of drug-likeness (QED) is 0.675. The van der Waals surface area contributed by atoms with Crippen molar-refractivity contribution in [2.75, 3.05) is 78.7 Å². The lowest BCUT2D eigenvalue weighted by Gasteiger charge is -2.37. The first kappa shape index (κ1) is 22.2. The van der Waals surface area contributed by atoms with E-state index in [1.54, 1.807) is 0 Å². The Morgan fingerprint density at radius 2 is 1.29 bits per heavy atom. The second kappa shape index (κ2) is 11.1. The molecule has 0 unspecified atom stereocenters. The molecule has 3 heterocycles. The van der Waals surface area contributed by atoms with Crippen LogP contribution in [0.25, 0.3) is 0 Å². The Bertz CT molecular complexity index is 707. The van der Waals surface area contributed by atoms with Gasteiger partial charge in [0.2, 0.25) is 11.8 Å². The fourth-order valence-electron chi connectivity index (χ4n) is 4.85. The molecule has 7 heteroatoms. The first-order valence-corrected chi connectivity index (χ1v) is 11.8. The predicted molar refractivity (Wildman–Crippen MR) is 120 cm³/mol. The minimum absolute atomic E-state index is 0.182. The molecule has 3 fully saturated rings. The van der Waals surface area contributed by atoms with Crippen LogP contribution < -0.4 is 0 Å². The summed E-state index contributed by atoms with van der Waals surface area (Å²) in [4.78, 5) is 33.6. The van der Waals surface area contributed by atoms with Crippen LogP contribution in [0.1, 0.15) is 18.4 Å². The summed E-state index contributed by atoms with van der Waals surface area (Å²) in [6.07, 6.45) is 3.48. The molecular formula is C24H36N4O3. The largest absolute Gasteiger partial charge is 0.378 e. The van der Waals surface area contributed by atoms with Gasteiger partial charge in [0, 0.05) is 39.3 Å². The van der Waals surface area contributed by atoms with Crippen LogP contribution in [0.2, 0.25) is 0 Å². The molecule has 1 aromatic rings. The minimum atomic E-state index is 0.182. The third kappa shape index (κ3) is 6.51. The van der Waals surface area contributed by atoms with Crippen molar-refractivity contribution in [3.63, 3.8) is 0 Å². The number of piperazine rings is 1. The van der Waals surface area contributed by atoms with Crippen LogP contribution in [0.3, 0.4) is 0 Å². The monoisotopic (exact) mass is 428 g/mol. The topological polar surface area (TPSA) is 56.3 Å². The summed E-state index contributed by atoms with van der Waals surface area (Å²) in [6, 6.07) is 10.7. The van der Waals surface area contributed by atoms with Crippen LogP contribution in [0, 0.1) is 5.92 Å². The van der Waals surface area contributed by atoms with Gasteiger partial charge in [-0.1, -0.05) is 30.3 Å². The molecule has 0 aliphatic carbocycles. The number of hydrogen-bond donors (Lipinski definition) is 0. The average molecular weight is 429 g/mol. The standard InChI is InChI=1S/C24H36N4O3/c29-23(19-25-8-6-22(7-9-25)18-21-4-2-1-3-5-21)27-12-10-26(11-13-27)20-24(30)28-14-16-31-17-15-28/h1-5,22H,6-20H2. The number of piperidine rings is 1. The molecule has 0 bridgehead atoms. The molecule has 170 valence electrons. The maximum atomic E-state index is 12.8. The Morgan fingerprint density at radius 3 is 1.90 bits per heavy atom. The molecule has 4 rings (SSSR count). The fourth-order valence-corrected chi connectivity index (χ4v) is 4.85. The molecule has 2 amide bonds. The summed E-state index contributed by atoms with van der Waals surface area (Å²) in [6.45, 7) is 8.67. The van der Waals surface area contributed by atoms with Crippen LogP contribution in [0.5, 0.6) is 0 Å². The van der Waals surface area contributed by atoms with Crippen LogP contribution in [-0.4, -0.2) is 110 Å². The van der Waals surface area contributed by atoms with E-state index in [4.69, 9.17) is 4.74 Å². The second-order valence-electron chi connectivity index (χ2n) is 9.06. The van der Waals surface area contributed by atoms with Crippen LogP contribution in [0.15, 0.2) is 30.3 Å². The molecule has 0 spiro atoms. The van der Waals surface area contributed by atoms with E-state index in [0.29, 0.717) is 39.4 Å². The van der Waals surface area contributed by atoms with Gasteiger partial charge >= 0.3 is 0 Å². The van der Waals surface area contributed by atoms with Gasteiger partial charge in [-0.3, -0.25) is 19.4 Å². The van der Waals surface area contributed by atoms with Gasteiger partial charge in [-0.05, 0) is 43.8 Å². The molecule has 0 aromatic heterocycles. The SMILES string of the molecule is O=C(CN1CCN(C(=O)CN2CCC(Cc3ccccc3)CC2)CC1)N1CCOCC1. The molecule has 31 heavy (non-hydrogen) atoms. The van der Waals surface area contributed by atoms with E-state index >= 15 is 0 Å². The van der Waals surface area contributed by atoms with E-state index in [0.717, 1.165) is 51.6 Å². The molecule has 0 saturated carbocycles. The van der Waals surface area contributed by atoms with Gasteiger partial charge in [-0.2, -0.15) is 0 Å². The summed E-state index contributed by atoms with van der Waals surface area (Å²) in [5.41, 5.74) is 1.42. The van der Waals surface area contributed by atoms with Gasteiger partial charge in [0.25, 0.3) is 0 Å². The molecule has 3 saturated heterocycles. The summed E-state index contributed by atoms with van der Waals surface area (Å²) in [7, 11) is 0. The molecule has 0 N–H and O–H groups in total. The van der Waals surface area contributed by atoms with Crippen LogP contribution in [-0.2, 0) is 20.7 Å². The number of benzene rings is 1. The van der Waals surface area contributed by atoms with Crippen LogP contribution in [0.4, 0.5) is 0 Å². The lowest BCUT2D eigenvalue weighted by atomic mass is 9.90. The molecule has 1 aromatic carbocycles. The van der Waals surface area contributed by atoms with Gasteiger partial charge < -0.3 is 14.5 Å². The Labute approximate surface area is 185 Å². The normalized spacial score (nSPS) is 21.9. The van der Waals surface area contributed by atoms with Gasteiger partial charge in [0.05, 0.1) is 26.3 Å². The summed E-state index contributed by atoms with van der Waals surface area (Å²) < 4.78 is 5.32. The Kier molecular flexibility index (Phi) is 7.94. The zero-order valence-corrected chi connectivity index (χ0v) is 18.6. The Hall–Kier alpha value is -1.96. The molecule has 3 aliphatic rings. The van der Waals surface area contributed by atoms with E-state index in [-0.39, 0.29) is 11.8 Å². The predicted octanol–water partition coefficient (Wildman–Crippen LogP) is 0.944. The van der Waals surface area contributed by atoms with Crippen molar-refractivity contribution in [3.05, 3.63) is 35.9 Å². The lowest BCUT2D eigenvalue weighted by molar-refractivity contribution is -0.138. The van der Waals surface area contributed by atoms with E-state index < -0.39 is 0 Å². The number of likely N-dealkylation sites (tertiary alicyclic amines) is 1. The maximum Gasteiger partial charge on any atom is 0.236 e. The summed E-state index contributed by atoms with van der Waals surface area (Å²) in [5, 5.41) is 0. The summed E-state index contributed by atoms with van der Waals surface area (Å²) >= 11 is 0. The first-order chi connectivity index (χ1) is 15.2. The number of carbonyl (C=O) groups is 2. The Balaban J connectivity index is 1.13. The number of amides is 2. The Morgan fingerprint density at radius 1 is 0.742 bits per heavy atom. The van der Waals surface area contributed by atoms with E-state index in [1.807, 2.05) is 9.80 Å². The molecule has 3 aliphatic heterocycles. The molecular weight excluding hydrogens is 392 g/mol. The zero-order valence-electron chi connectivity index (χ0n) is 18.6. The maximum absolute atomic E-state index is 12.8. The van der Waals surface area contributed by atoms with Gasteiger partial charge in [-0.25, -0.2) is 0 Å². The van der Waals surface area contributed by atoms with Crippen molar-refractivity contribution in [1.29, 1.82) is 0 Å². The average Bonchev–Trinajstić information content (AvgIpc) is 2.82. The van der Waals surface area contributed by atoms with Crippen molar-refractivity contribution < 1.29 is 14.3 Å². The lowest BCUT2D eigenvalue weighted by Crippen LogP contribution is -2.54. The van der Waals surface area contributed by atoms with Gasteiger partial charge in [-0.15, -0.1) is 0 Å². The van der Waals surface area contributed by atoms with E-state index in [1.165, 1.54) is 18.4 Å². The van der Waals surface area contributed by atoms with Crippen molar-refractivity contribution in [3.8, 4) is 0 Å². The highest BCUT2D eigenvalue weighted by Crippen LogP contribution is 2.21. The number of nitrogens with zero attached hydrogens (tertiary/aromatic N) is 4. The number of ether oxygens (including phenoxy) is 1. The number of morpholine rings is 1. The minimum Gasteiger partial charge on any atom is -0.378 e. The molecule has 0 radical (unpaired) electrons. The van der Waals surface area contributed by atoms with E-state index in [9.17, 15) is 9.59 Å². The first-order valence-electron chi connectivity index (χ1n) is 11.8. The smallest absolute Gasteiger partial charge is 0.236 e. The fraction of sp³-hybridized carbons (Fsp3) is 0.667. The molecule has 0 atom stereocenters. The number of carbonyl (C=O) groups excluding carboxylic acids is 2. The highest BCUT2D eigenvalue weighted by Gasteiger charge is 2.27.